The molecule has 1 aliphatic heterocycles. The van der Waals surface area contributed by atoms with E-state index in [1.165, 1.54) is 11.3 Å². The van der Waals surface area contributed by atoms with E-state index >= 15 is 0 Å². The predicted octanol–water partition coefficient (Wildman–Crippen LogP) is 2.29. The second-order valence-corrected chi connectivity index (χ2v) is 7.48. The Bertz CT molecular complexity index is 735. The minimum atomic E-state index is -3.49. The van der Waals surface area contributed by atoms with E-state index in [1.807, 2.05) is 12.1 Å². The molecule has 1 aliphatic rings. The highest BCUT2D eigenvalue weighted by atomic mass is 32.2. The van der Waals surface area contributed by atoms with Gasteiger partial charge in [-0.25, -0.2) is 8.42 Å². The van der Waals surface area contributed by atoms with E-state index in [9.17, 15) is 8.42 Å². The maximum atomic E-state index is 12.1. The summed E-state index contributed by atoms with van der Waals surface area (Å²) in [5, 5.41) is 4.98. The van der Waals surface area contributed by atoms with Crippen molar-refractivity contribution in [1.29, 1.82) is 0 Å². The van der Waals surface area contributed by atoms with Crippen LogP contribution in [0, 0.1) is 0 Å². The lowest BCUT2D eigenvalue weighted by atomic mass is 10.1. The number of nitrogens with one attached hydrogen (secondary N) is 2. The Morgan fingerprint density at radius 3 is 2.62 bits per heavy atom. The fourth-order valence-electron chi connectivity index (χ4n) is 2.04. The molecule has 0 fully saturated rings. The molecule has 21 heavy (non-hydrogen) atoms. The van der Waals surface area contributed by atoms with Crippen molar-refractivity contribution in [1.82, 2.24) is 5.32 Å². The largest absolute Gasteiger partial charge is 0.370 e. The first-order valence-corrected chi connectivity index (χ1v) is 8.96. The summed E-state index contributed by atoms with van der Waals surface area (Å²) in [6, 6.07) is 10.5. The minimum absolute atomic E-state index is 0.310. The predicted molar refractivity (Wildman–Crippen MR) is 85.6 cm³/mol. The molecule has 0 saturated carbocycles. The monoisotopic (exact) mass is 321 g/mol. The third kappa shape index (κ3) is 3.25. The van der Waals surface area contributed by atoms with E-state index in [0.717, 1.165) is 30.9 Å². The second-order valence-electron chi connectivity index (χ2n) is 4.63. The van der Waals surface area contributed by atoms with Crippen LogP contribution < -0.4 is 10.0 Å². The van der Waals surface area contributed by atoms with Crippen molar-refractivity contribution in [3.8, 4) is 0 Å². The molecule has 2 heterocycles. The van der Waals surface area contributed by atoms with Crippen molar-refractivity contribution in [2.75, 3.05) is 17.8 Å². The number of aliphatic imine (C=N–C) groups is 1. The van der Waals surface area contributed by atoms with Crippen LogP contribution in [-0.2, 0) is 10.0 Å². The summed E-state index contributed by atoms with van der Waals surface area (Å²) in [6.45, 7) is 1.75. The summed E-state index contributed by atoms with van der Waals surface area (Å²) in [5.41, 5.74) is 1.51. The number of sulfonamides is 1. The van der Waals surface area contributed by atoms with Gasteiger partial charge in [0.1, 0.15) is 10.0 Å². The van der Waals surface area contributed by atoms with Gasteiger partial charge in [-0.1, -0.05) is 6.07 Å². The van der Waals surface area contributed by atoms with E-state index in [2.05, 4.69) is 15.0 Å². The highest BCUT2D eigenvalue weighted by Gasteiger charge is 2.15. The summed E-state index contributed by atoms with van der Waals surface area (Å²) in [5.74, 6) is 0.869. The van der Waals surface area contributed by atoms with Crippen LogP contribution in [0.4, 0.5) is 5.69 Å². The van der Waals surface area contributed by atoms with Gasteiger partial charge < -0.3 is 5.32 Å². The lowest BCUT2D eigenvalue weighted by Crippen LogP contribution is -2.30. The Morgan fingerprint density at radius 2 is 2.00 bits per heavy atom. The van der Waals surface area contributed by atoms with E-state index in [4.69, 9.17) is 0 Å². The molecular formula is C14H15N3O2S2. The van der Waals surface area contributed by atoms with E-state index < -0.39 is 10.0 Å². The number of benzene rings is 1. The van der Waals surface area contributed by atoms with Gasteiger partial charge >= 0.3 is 0 Å². The third-order valence-electron chi connectivity index (χ3n) is 3.07. The van der Waals surface area contributed by atoms with Crippen LogP contribution in [0.1, 0.15) is 12.0 Å². The molecule has 0 saturated heterocycles. The van der Waals surface area contributed by atoms with Crippen molar-refractivity contribution in [3.63, 3.8) is 0 Å². The molecular weight excluding hydrogens is 306 g/mol. The molecule has 7 heteroatoms. The van der Waals surface area contributed by atoms with Crippen LogP contribution in [0.2, 0.25) is 0 Å². The SMILES string of the molecule is O=S(=O)(Nc1ccc(C2=NCCCN2)cc1)c1cccs1. The third-order valence-corrected chi connectivity index (χ3v) is 5.85. The lowest BCUT2D eigenvalue weighted by molar-refractivity contribution is 0.603. The van der Waals surface area contributed by atoms with Gasteiger partial charge in [-0.3, -0.25) is 9.71 Å². The van der Waals surface area contributed by atoms with Gasteiger partial charge in [0.2, 0.25) is 0 Å². The van der Waals surface area contributed by atoms with Crippen LogP contribution in [0.25, 0.3) is 0 Å². The van der Waals surface area contributed by atoms with Gasteiger partial charge in [0.05, 0.1) is 0 Å². The molecule has 3 rings (SSSR count). The molecule has 2 aromatic rings. The average Bonchev–Trinajstić information content (AvgIpc) is 3.04. The standard InChI is InChI=1S/C14H15N3O2S2/c18-21(19,13-3-1-10-20-13)17-12-6-4-11(5-7-12)14-15-8-2-9-16-14/h1,3-7,10,17H,2,8-9H2,(H,15,16). The molecule has 0 radical (unpaired) electrons. The van der Waals surface area contributed by atoms with Crippen LogP contribution in [0.15, 0.2) is 51.0 Å². The van der Waals surface area contributed by atoms with E-state index in [0.29, 0.717) is 9.90 Å². The Hall–Kier alpha value is -1.86. The topological polar surface area (TPSA) is 70.6 Å². The molecule has 0 unspecified atom stereocenters. The first kappa shape index (κ1) is 14.1. The fraction of sp³-hybridized carbons (Fsp3) is 0.214. The molecule has 0 atom stereocenters. The van der Waals surface area contributed by atoms with Gasteiger partial charge in [-0.2, -0.15) is 0 Å². The van der Waals surface area contributed by atoms with Crippen molar-refractivity contribution < 1.29 is 8.42 Å². The van der Waals surface area contributed by atoms with Gasteiger partial charge in [0.15, 0.2) is 0 Å². The summed E-state index contributed by atoms with van der Waals surface area (Å²) in [6.07, 6.45) is 1.04. The molecule has 5 nitrogen and oxygen atoms in total. The number of hydrogen-bond donors (Lipinski definition) is 2. The summed E-state index contributed by atoms with van der Waals surface area (Å²) in [7, 11) is -3.49. The second kappa shape index (κ2) is 5.87. The van der Waals surface area contributed by atoms with E-state index in [1.54, 1.807) is 29.6 Å². The molecule has 0 amide bonds. The number of amidine groups is 1. The minimum Gasteiger partial charge on any atom is -0.370 e. The molecule has 2 N–H and O–H groups in total. The van der Waals surface area contributed by atoms with E-state index in [-0.39, 0.29) is 0 Å². The number of hydrogen-bond acceptors (Lipinski definition) is 5. The van der Waals surface area contributed by atoms with Gasteiger partial charge in [0, 0.05) is 24.3 Å². The first-order chi connectivity index (χ1) is 10.1. The molecule has 110 valence electrons. The first-order valence-electron chi connectivity index (χ1n) is 6.60. The lowest BCUT2D eigenvalue weighted by Gasteiger charge is -2.15. The van der Waals surface area contributed by atoms with Crippen LogP contribution in [-0.4, -0.2) is 27.3 Å². The summed E-state index contributed by atoms with van der Waals surface area (Å²) < 4.78 is 27.1. The van der Waals surface area contributed by atoms with Crippen LogP contribution in [0.3, 0.4) is 0 Å². The number of nitrogens with zero attached hydrogens (tertiary/aromatic N) is 1. The summed E-state index contributed by atoms with van der Waals surface area (Å²) in [4.78, 5) is 4.41. The van der Waals surface area contributed by atoms with Crippen molar-refractivity contribution in [2.24, 2.45) is 4.99 Å². The zero-order valence-electron chi connectivity index (χ0n) is 11.2. The van der Waals surface area contributed by atoms with Gasteiger partial charge in [0.25, 0.3) is 10.0 Å². The maximum absolute atomic E-state index is 12.1. The highest BCUT2D eigenvalue weighted by molar-refractivity contribution is 7.94. The molecule has 0 bridgehead atoms. The van der Waals surface area contributed by atoms with Crippen molar-refractivity contribution >= 4 is 32.9 Å². The normalized spacial score (nSPS) is 15.1. The zero-order valence-corrected chi connectivity index (χ0v) is 12.9. The Labute approximate surface area is 127 Å². The molecule has 1 aromatic heterocycles. The quantitative estimate of drug-likeness (QED) is 0.907. The molecule has 1 aromatic carbocycles. The smallest absolute Gasteiger partial charge is 0.271 e. The molecule has 0 aliphatic carbocycles. The fourth-order valence-corrected chi connectivity index (χ4v) is 4.10. The van der Waals surface area contributed by atoms with Gasteiger partial charge in [-0.05, 0) is 42.1 Å². The van der Waals surface area contributed by atoms with Crippen LogP contribution in [0.5, 0.6) is 0 Å². The highest BCUT2D eigenvalue weighted by Crippen LogP contribution is 2.20. The zero-order chi connectivity index (χ0) is 14.7. The van der Waals surface area contributed by atoms with Crippen molar-refractivity contribution in [3.05, 3.63) is 47.3 Å². The Morgan fingerprint density at radius 1 is 1.19 bits per heavy atom. The van der Waals surface area contributed by atoms with Crippen molar-refractivity contribution in [2.45, 2.75) is 10.6 Å². The van der Waals surface area contributed by atoms with Crippen LogP contribution >= 0.6 is 11.3 Å². The average molecular weight is 321 g/mol. The summed E-state index contributed by atoms with van der Waals surface area (Å²) >= 11 is 1.20. The maximum Gasteiger partial charge on any atom is 0.271 e. The number of anilines is 1. The number of thiophene rings is 1. The van der Waals surface area contributed by atoms with Gasteiger partial charge in [-0.15, -0.1) is 11.3 Å². The Kier molecular flexibility index (Phi) is 3.94. The Balaban J connectivity index is 1.77. The number of rotatable bonds is 4. The molecule has 0 spiro atoms.